The van der Waals surface area contributed by atoms with E-state index in [0.717, 1.165) is 24.2 Å². The Labute approximate surface area is 193 Å². The number of carboxylic acid groups (broad SMARTS) is 1. The number of aliphatic hydroxyl groups excluding tert-OH is 1. The van der Waals surface area contributed by atoms with Crippen LogP contribution in [0.25, 0.3) is 5.57 Å². The smallest absolute Gasteiger partial charge is 0.348 e. The van der Waals surface area contributed by atoms with E-state index < -0.39 is 5.97 Å². The highest BCUT2D eigenvalue weighted by atomic mass is 35.5. The summed E-state index contributed by atoms with van der Waals surface area (Å²) in [5.41, 5.74) is 1.06. The van der Waals surface area contributed by atoms with Gasteiger partial charge in [0.25, 0.3) is 0 Å². The number of amides is 1. The minimum atomic E-state index is -1.06. The predicted molar refractivity (Wildman–Crippen MR) is 129 cm³/mol. The van der Waals surface area contributed by atoms with Crippen LogP contribution in [0.5, 0.6) is 0 Å². The third kappa shape index (κ3) is 6.55. The lowest BCUT2D eigenvalue weighted by Gasteiger charge is -2.37. The van der Waals surface area contributed by atoms with Gasteiger partial charge in [-0.05, 0) is 56.7 Å². The van der Waals surface area contributed by atoms with Crippen molar-refractivity contribution in [3.05, 3.63) is 45.7 Å². The first-order valence-corrected chi connectivity index (χ1v) is 12.0. The lowest BCUT2D eigenvalue weighted by Crippen LogP contribution is -2.46. The molecule has 2 rings (SSSR count). The fraction of sp³-hybridized carbons (Fsp3) is 0.500. The number of aliphatic hydroxyl groups is 1. The molecule has 1 fully saturated rings. The van der Waals surface area contributed by atoms with Crippen LogP contribution < -0.4 is 4.90 Å². The number of nitrogens with zero attached hydrogens (tertiary/aromatic N) is 1. The highest BCUT2D eigenvalue weighted by Crippen LogP contribution is 2.39. The van der Waals surface area contributed by atoms with Gasteiger partial charge in [0.15, 0.2) is 0 Å². The van der Waals surface area contributed by atoms with Crippen LogP contribution in [0.15, 0.2) is 35.9 Å². The minimum Gasteiger partial charge on any atom is -0.477 e. The lowest BCUT2D eigenvalue weighted by atomic mass is 9.90. The third-order valence-electron chi connectivity index (χ3n) is 5.61. The summed E-state index contributed by atoms with van der Waals surface area (Å²) in [6.07, 6.45) is 8.95. The zero-order chi connectivity index (χ0) is 23.1. The average molecular weight is 466 g/mol. The number of carboxylic acids is 1. The second kappa shape index (κ2) is 11.7. The first kappa shape index (κ1) is 25.4. The zero-order valence-corrected chi connectivity index (χ0v) is 20.0. The van der Waals surface area contributed by atoms with Gasteiger partial charge in [0, 0.05) is 21.9 Å². The molecule has 0 spiro atoms. The quantitative estimate of drug-likeness (QED) is 0.423. The number of hydrogen-bond donors (Lipinski definition) is 2. The number of hydrogen-bond acceptors (Lipinski definition) is 4. The van der Waals surface area contributed by atoms with E-state index in [1.54, 1.807) is 29.2 Å². The Kier molecular flexibility index (Phi) is 9.54. The summed E-state index contributed by atoms with van der Waals surface area (Å²) in [6.45, 7) is 9.79. The van der Waals surface area contributed by atoms with Gasteiger partial charge in [0.05, 0.1) is 11.8 Å². The molecule has 1 unspecified atom stereocenters. The average Bonchev–Trinajstić information content (AvgIpc) is 3.18. The summed E-state index contributed by atoms with van der Waals surface area (Å²) in [6, 6.07) is 1.63. The Morgan fingerprint density at radius 2 is 1.97 bits per heavy atom. The number of carbonyl (C=O) groups excluding carboxylic acids is 1. The second-order valence-corrected chi connectivity index (χ2v) is 9.51. The van der Waals surface area contributed by atoms with Crippen LogP contribution in [-0.4, -0.2) is 34.2 Å². The Morgan fingerprint density at radius 3 is 2.52 bits per heavy atom. The van der Waals surface area contributed by atoms with E-state index in [4.69, 9.17) is 11.6 Å². The molecule has 170 valence electrons. The number of carbonyl (C=O) groups is 2. The standard InChI is InChI=1S/C24H32ClNO4S/c1-5-7-16(4)23(28)26(18-10-12-19(27)13-11-18)20-14-21(31-22(20)24(29)30)15(3)8-9-17(25)6-2/h6,8-9,14,16,18-19,27H,3,5,7,10-13H2,1-2,4H3,(H,29,30)/b9-8-,17-6+. The SMILES string of the molecule is C=C(/C=C\C(Cl)=C/C)c1cc(N(C(=O)C(C)CCC)C2CCC(O)CC2)c(C(=O)O)s1. The summed E-state index contributed by atoms with van der Waals surface area (Å²) < 4.78 is 0. The lowest BCUT2D eigenvalue weighted by molar-refractivity contribution is -0.122. The Bertz CT molecular complexity index is 865. The highest BCUT2D eigenvalue weighted by molar-refractivity contribution is 7.15. The molecule has 0 radical (unpaired) electrons. The van der Waals surface area contributed by atoms with Crippen molar-refractivity contribution < 1.29 is 19.8 Å². The van der Waals surface area contributed by atoms with Crippen molar-refractivity contribution >= 4 is 46.1 Å². The zero-order valence-electron chi connectivity index (χ0n) is 18.4. The second-order valence-electron chi connectivity index (χ2n) is 8.02. The van der Waals surface area contributed by atoms with Crippen LogP contribution in [0.3, 0.4) is 0 Å². The van der Waals surface area contributed by atoms with Gasteiger partial charge in [-0.15, -0.1) is 11.3 Å². The molecule has 1 heterocycles. The normalized spacial score (nSPS) is 20.6. The van der Waals surface area contributed by atoms with Crippen molar-refractivity contribution in [2.24, 2.45) is 5.92 Å². The molecule has 0 aromatic carbocycles. The Hall–Kier alpha value is -1.89. The van der Waals surface area contributed by atoms with Crippen LogP contribution in [-0.2, 0) is 4.79 Å². The van der Waals surface area contributed by atoms with Crippen LogP contribution in [0.4, 0.5) is 5.69 Å². The van der Waals surface area contributed by atoms with E-state index in [0.29, 0.717) is 46.9 Å². The molecule has 1 aromatic heterocycles. The summed E-state index contributed by atoms with van der Waals surface area (Å²) in [5.74, 6) is -1.34. The summed E-state index contributed by atoms with van der Waals surface area (Å²) in [4.78, 5) is 28.0. The van der Waals surface area contributed by atoms with Gasteiger partial charge in [-0.2, -0.15) is 0 Å². The maximum atomic E-state index is 13.4. The van der Waals surface area contributed by atoms with Crippen LogP contribution >= 0.6 is 22.9 Å². The van der Waals surface area contributed by atoms with Crippen molar-refractivity contribution in [3.8, 4) is 0 Å². The molecular formula is C24H32ClNO4S. The first-order chi connectivity index (χ1) is 14.7. The third-order valence-corrected chi connectivity index (χ3v) is 7.15. The van der Waals surface area contributed by atoms with E-state index in [2.05, 4.69) is 6.58 Å². The molecule has 1 saturated carbocycles. The fourth-order valence-electron chi connectivity index (χ4n) is 3.84. The van der Waals surface area contributed by atoms with Gasteiger partial charge >= 0.3 is 5.97 Å². The monoisotopic (exact) mass is 465 g/mol. The Balaban J connectivity index is 2.49. The number of aromatic carboxylic acids is 1. The molecule has 5 nitrogen and oxygen atoms in total. The first-order valence-electron chi connectivity index (χ1n) is 10.8. The Morgan fingerprint density at radius 1 is 1.32 bits per heavy atom. The van der Waals surface area contributed by atoms with Crippen LogP contribution in [0.2, 0.25) is 0 Å². The maximum absolute atomic E-state index is 13.4. The largest absolute Gasteiger partial charge is 0.477 e. The van der Waals surface area contributed by atoms with Gasteiger partial charge in [-0.3, -0.25) is 4.79 Å². The van der Waals surface area contributed by atoms with Gasteiger partial charge in [0.1, 0.15) is 4.88 Å². The van der Waals surface area contributed by atoms with Crippen molar-refractivity contribution in [3.63, 3.8) is 0 Å². The van der Waals surface area contributed by atoms with Gasteiger partial charge < -0.3 is 15.1 Å². The van der Waals surface area contributed by atoms with E-state index in [1.165, 1.54) is 0 Å². The molecule has 7 heteroatoms. The molecule has 31 heavy (non-hydrogen) atoms. The molecule has 0 aliphatic heterocycles. The number of thiophene rings is 1. The van der Waals surface area contributed by atoms with Gasteiger partial charge in [0.2, 0.25) is 5.91 Å². The van der Waals surface area contributed by atoms with Crippen molar-refractivity contribution in [1.82, 2.24) is 0 Å². The number of allylic oxidation sites excluding steroid dienone is 5. The van der Waals surface area contributed by atoms with E-state index >= 15 is 0 Å². The fourth-order valence-corrected chi connectivity index (χ4v) is 4.84. The number of anilines is 1. The van der Waals surface area contributed by atoms with Crippen molar-refractivity contribution in [2.75, 3.05) is 4.90 Å². The molecule has 1 aromatic rings. The molecule has 1 atom stereocenters. The summed E-state index contributed by atoms with van der Waals surface area (Å²) in [7, 11) is 0. The maximum Gasteiger partial charge on any atom is 0.348 e. The molecule has 2 N–H and O–H groups in total. The van der Waals surface area contributed by atoms with Crippen LogP contribution in [0.1, 0.15) is 73.8 Å². The summed E-state index contributed by atoms with van der Waals surface area (Å²) in [5, 5.41) is 20.4. The van der Waals surface area contributed by atoms with E-state index in [9.17, 15) is 19.8 Å². The minimum absolute atomic E-state index is 0.0618. The number of rotatable bonds is 9. The van der Waals surface area contributed by atoms with Crippen LogP contribution in [0, 0.1) is 5.92 Å². The molecule has 0 bridgehead atoms. The van der Waals surface area contributed by atoms with E-state index in [1.807, 2.05) is 20.8 Å². The highest BCUT2D eigenvalue weighted by Gasteiger charge is 2.35. The van der Waals surface area contributed by atoms with Gasteiger partial charge in [-0.25, -0.2) is 4.79 Å². The molecule has 1 aliphatic rings. The predicted octanol–water partition coefficient (Wildman–Crippen LogP) is 6.23. The molecule has 1 amide bonds. The topological polar surface area (TPSA) is 77.8 Å². The van der Waals surface area contributed by atoms with Gasteiger partial charge in [-0.1, -0.05) is 50.6 Å². The van der Waals surface area contributed by atoms with Crippen molar-refractivity contribution in [1.29, 1.82) is 0 Å². The molecular weight excluding hydrogens is 434 g/mol. The molecule has 0 saturated heterocycles. The van der Waals surface area contributed by atoms with Crippen molar-refractivity contribution in [2.45, 2.75) is 71.4 Å². The number of halogens is 1. The van der Waals surface area contributed by atoms with E-state index in [-0.39, 0.29) is 28.8 Å². The summed E-state index contributed by atoms with van der Waals surface area (Å²) >= 11 is 7.14. The molecule has 1 aliphatic carbocycles.